The number of ether oxygens (including phenoxy) is 1. The van der Waals surface area contributed by atoms with E-state index in [0.29, 0.717) is 23.3 Å². The third-order valence-corrected chi connectivity index (χ3v) is 5.16. The normalized spacial score (nSPS) is 10.9. The first-order valence-electron chi connectivity index (χ1n) is 8.95. The second-order valence-electron chi connectivity index (χ2n) is 6.44. The van der Waals surface area contributed by atoms with Crippen molar-refractivity contribution in [2.24, 2.45) is 0 Å². The third kappa shape index (κ3) is 3.71. The SMILES string of the molecule is COc1ccc(Br)cc1CNC(=O)c1cccc(-n2nnc3cccnc32)c1C. The van der Waals surface area contributed by atoms with Crippen LogP contribution in [0.5, 0.6) is 5.75 Å². The van der Waals surface area contributed by atoms with Gasteiger partial charge in [-0.05, 0) is 55.0 Å². The third-order valence-electron chi connectivity index (χ3n) is 4.67. The summed E-state index contributed by atoms with van der Waals surface area (Å²) in [5, 5.41) is 11.3. The molecule has 0 unspecified atom stereocenters. The maximum Gasteiger partial charge on any atom is 0.251 e. The molecule has 2 aromatic heterocycles. The highest BCUT2D eigenvalue weighted by atomic mass is 79.9. The Morgan fingerprint density at radius 3 is 2.90 bits per heavy atom. The molecule has 0 saturated carbocycles. The van der Waals surface area contributed by atoms with E-state index >= 15 is 0 Å². The minimum absolute atomic E-state index is 0.177. The Bertz CT molecular complexity index is 1200. The van der Waals surface area contributed by atoms with Gasteiger partial charge in [-0.25, -0.2) is 4.98 Å². The quantitative estimate of drug-likeness (QED) is 0.498. The zero-order valence-electron chi connectivity index (χ0n) is 15.9. The highest BCUT2D eigenvalue weighted by Gasteiger charge is 2.16. The zero-order chi connectivity index (χ0) is 20.4. The molecule has 0 radical (unpaired) electrons. The number of aromatic nitrogens is 4. The maximum absolute atomic E-state index is 12.9. The van der Waals surface area contributed by atoms with Crippen LogP contribution in [0, 0.1) is 6.92 Å². The lowest BCUT2D eigenvalue weighted by Crippen LogP contribution is -2.24. The summed E-state index contributed by atoms with van der Waals surface area (Å²) in [5.74, 6) is 0.544. The maximum atomic E-state index is 12.9. The van der Waals surface area contributed by atoms with E-state index in [2.05, 4.69) is 36.5 Å². The van der Waals surface area contributed by atoms with Crippen LogP contribution in [0.2, 0.25) is 0 Å². The van der Waals surface area contributed by atoms with Gasteiger partial charge in [0.2, 0.25) is 0 Å². The van der Waals surface area contributed by atoms with Crippen LogP contribution >= 0.6 is 15.9 Å². The molecule has 1 amide bonds. The van der Waals surface area contributed by atoms with Gasteiger partial charge in [0.1, 0.15) is 11.3 Å². The molecule has 2 heterocycles. The van der Waals surface area contributed by atoms with Crippen molar-refractivity contribution in [3.8, 4) is 11.4 Å². The van der Waals surface area contributed by atoms with Crippen molar-refractivity contribution in [1.29, 1.82) is 0 Å². The topological polar surface area (TPSA) is 81.9 Å². The summed E-state index contributed by atoms with van der Waals surface area (Å²) < 4.78 is 7.95. The zero-order valence-corrected chi connectivity index (χ0v) is 17.5. The van der Waals surface area contributed by atoms with Gasteiger partial charge < -0.3 is 10.1 Å². The van der Waals surface area contributed by atoms with Gasteiger partial charge in [0, 0.05) is 28.3 Å². The molecule has 0 aliphatic heterocycles. The standard InChI is InChI=1S/C21H18BrN5O2/c1-13-16(21(28)24-12-14-11-15(22)8-9-19(14)29-2)5-3-7-18(13)27-20-17(25-26-27)6-4-10-23-20/h3-11H,12H2,1-2H3,(H,24,28). The number of benzene rings is 2. The summed E-state index contributed by atoms with van der Waals surface area (Å²) in [6.07, 6.45) is 1.69. The van der Waals surface area contributed by atoms with Crippen molar-refractivity contribution < 1.29 is 9.53 Å². The number of nitrogens with one attached hydrogen (secondary N) is 1. The molecule has 0 saturated heterocycles. The summed E-state index contributed by atoms with van der Waals surface area (Å²) in [7, 11) is 1.61. The lowest BCUT2D eigenvalue weighted by Gasteiger charge is -2.13. The average Bonchev–Trinajstić information content (AvgIpc) is 3.16. The van der Waals surface area contributed by atoms with E-state index in [0.717, 1.165) is 27.0 Å². The molecule has 0 atom stereocenters. The predicted molar refractivity (Wildman–Crippen MR) is 113 cm³/mol. The van der Waals surface area contributed by atoms with E-state index in [1.807, 2.05) is 49.4 Å². The highest BCUT2D eigenvalue weighted by Crippen LogP contribution is 2.24. The van der Waals surface area contributed by atoms with E-state index in [9.17, 15) is 4.79 Å². The number of amides is 1. The molecule has 29 heavy (non-hydrogen) atoms. The van der Waals surface area contributed by atoms with Crippen molar-refractivity contribution in [3.05, 3.63) is 75.9 Å². The predicted octanol–water partition coefficient (Wildman–Crippen LogP) is 3.83. The Morgan fingerprint density at radius 1 is 1.21 bits per heavy atom. The van der Waals surface area contributed by atoms with Gasteiger partial charge in [-0.3, -0.25) is 4.79 Å². The number of rotatable bonds is 5. The van der Waals surface area contributed by atoms with E-state index in [1.165, 1.54) is 0 Å². The number of hydrogen-bond acceptors (Lipinski definition) is 5. The Balaban J connectivity index is 1.62. The fraction of sp³-hybridized carbons (Fsp3) is 0.143. The summed E-state index contributed by atoms with van der Waals surface area (Å²) in [6.45, 7) is 2.24. The van der Waals surface area contributed by atoms with Crippen molar-refractivity contribution >= 4 is 33.0 Å². The van der Waals surface area contributed by atoms with Crippen molar-refractivity contribution in [1.82, 2.24) is 25.3 Å². The molecule has 0 aliphatic rings. The lowest BCUT2D eigenvalue weighted by atomic mass is 10.1. The Morgan fingerprint density at radius 2 is 2.07 bits per heavy atom. The molecule has 146 valence electrons. The first-order chi connectivity index (χ1) is 14.1. The van der Waals surface area contributed by atoms with Gasteiger partial charge in [0.15, 0.2) is 5.65 Å². The summed E-state index contributed by atoms with van der Waals surface area (Å²) in [6, 6.07) is 14.9. The number of fused-ring (bicyclic) bond motifs is 1. The van der Waals surface area contributed by atoms with Crippen molar-refractivity contribution in [3.63, 3.8) is 0 Å². The molecule has 0 bridgehead atoms. The molecule has 2 aromatic carbocycles. The fourth-order valence-corrected chi connectivity index (χ4v) is 3.59. The number of methoxy groups -OCH3 is 1. The first kappa shape index (κ1) is 19.1. The molecule has 0 fully saturated rings. The van der Waals surface area contributed by atoms with Crippen LogP contribution in [0.25, 0.3) is 16.9 Å². The summed E-state index contributed by atoms with van der Waals surface area (Å²) in [5.41, 5.74) is 4.35. The lowest BCUT2D eigenvalue weighted by molar-refractivity contribution is 0.0950. The Kier molecular flexibility index (Phi) is 5.26. The number of halogens is 1. The molecular weight excluding hydrogens is 434 g/mol. The molecule has 4 rings (SSSR count). The Labute approximate surface area is 175 Å². The minimum atomic E-state index is -0.177. The van der Waals surface area contributed by atoms with Crippen molar-refractivity contribution in [2.45, 2.75) is 13.5 Å². The number of hydrogen-bond donors (Lipinski definition) is 1. The number of carbonyl (C=O) groups is 1. The summed E-state index contributed by atoms with van der Waals surface area (Å²) >= 11 is 3.45. The molecule has 1 N–H and O–H groups in total. The minimum Gasteiger partial charge on any atom is -0.496 e. The van der Waals surface area contributed by atoms with Gasteiger partial charge in [-0.2, -0.15) is 4.68 Å². The van der Waals surface area contributed by atoms with E-state index in [-0.39, 0.29) is 5.91 Å². The summed E-state index contributed by atoms with van der Waals surface area (Å²) in [4.78, 5) is 17.2. The van der Waals surface area contributed by atoms with Gasteiger partial charge >= 0.3 is 0 Å². The molecule has 4 aromatic rings. The molecule has 8 heteroatoms. The van der Waals surface area contributed by atoms with Gasteiger partial charge in [0.25, 0.3) is 5.91 Å². The highest BCUT2D eigenvalue weighted by molar-refractivity contribution is 9.10. The van der Waals surface area contributed by atoms with Crippen LogP contribution in [0.1, 0.15) is 21.5 Å². The number of carbonyl (C=O) groups excluding carboxylic acids is 1. The monoisotopic (exact) mass is 451 g/mol. The van der Waals surface area contributed by atoms with Crippen LogP contribution in [0.3, 0.4) is 0 Å². The fourth-order valence-electron chi connectivity index (χ4n) is 3.18. The molecular formula is C21H18BrN5O2. The Hall–Kier alpha value is -3.26. The molecule has 7 nitrogen and oxygen atoms in total. The first-order valence-corrected chi connectivity index (χ1v) is 9.75. The van der Waals surface area contributed by atoms with Gasteiger partial charge in [0.05, 0.1) is 12.8 Å². The van der Waals surface area contributed by atoms with Crippen molar-refractivity contribution in [2.75, 3.05) is 7.11 Å². The van der Waals surface area contributed by atoms with Gasteiger partial charge in [-0.1, -0.05) is 27.2 Å². The molecule has 0 aliphatic carbocycles. The number of nitrogens with zero attached hydrogens (tertiary/aromatic N) is 4. The molecule has 0 spiro atoms. The second kappa shape index (κ2) is 8.00. The average molecular weight is 452 g/mol. The van der Waals surface area contributed by atoms with E-state index in [1.54, 1.807) is 24.1 Å². The van der Waals surface area contributed by atoms with Crippen LogP contribution in [0.15, 0.2) is 59.2 Å². The van der Waals surface area contributed by atoms with Crippen LogP contribution in [-0.2, 0) is 6.54 Å². The van der Waals surface area contributed by atoms with Gasteiger partial charge in [-0.15, -0.1) is 5.10 Å². The van der Waals surface area contributed by atoms with Crippen LogP contribution < -0.4 is 10.1 Å². The second-order valence-corrected chi connectivity index (χ2v) is 7.35. The van der Waals surface area contributed by atoms with Crippen LogP contribution in [-0.4, -0.2) is 33.0 Å². The number of pyridine rings is 1. The van der Waals surface area contributed by atoms with E-state index in [4.69, 9.17) is 4.74 Å². The van der Waals surface area contributed by atoms with Crippen LogP contribution in [0.4, 0.5) is 0 Å². The largest absolute Gasteiger partial charge is 0.496 e. The smallest absolute Gasteiger partial charge is 0.251 e. The van der Waals surface area contributed by atoms with E-state index < -0.39 is 0 Å².